The lowest BCUT2D eigenvalue weighted by Crippen LogP contribution is -2.50. The second kappa shape index (κ2) is 14.2. The summed E-state index contributed by atoms with van der Waals surface area (Å²) in [5, 5.41) is 3.51. The minimum atomic E-state index is -1.56. The monoisotopic (exact) mass is 398 g/mol. The smallest absolute Gasteiger partial charge is 0.306 e. The van der Waals surface area contributed by atoms with Crippen molar-refractivity contribution in [2.45, 2.75) is 104 Å². The van der Waals surface area contributed by atoms with Crippen LogP contribution in [-0.2, 0) is 23.9 Å². The Morgan fingerprint density at radius 3 is 1.96 bits per heavy atom. The third-order valence-electron chi connectivity index (χ3n) is 4.66. The summed E-state index contributed by atoms with van der Waals surface area (Å²) in [6, 6.07) is 0. The molecule has 0 spiro atoms. The lowest BCUT2D eigenvalue weighted by molar-refractivity contribution is -0.165. The third-order valence-corrected chi connectivity index (χ3v) is 4.66. The number of rotatable bonds is 16. The zero-order valence-electron chi connectivity index (χ0n) is 18.2. The molecule has 0 amide bonds. The third kappa shape index (κ3) is 9.95. The van der Waals surface area contributed by atoms with Crippen LogP contribution in [0.25, 0.3) is 0 Å². The van der Waals surface area contributed by atoms with Crippen LogP contribution in [0, 0.1) is 11.4 Å². The average Bonchev–Trinajstić information content (AvgIpc) is 2.64. The van der Waals surface area contributed by atoms with Crippen molar-refractivity contribution in [2.24, 2.45) is 11.0 Å². The molecule has 7 heteroatoms. The molecule has 0 bridgehead atoms. The van der Waals surface area contributed by atoms with Gasteiger partial charge in [-0.05, 0) is 25.7 Å². The molecule has 0 aromatic carbocycles. The number of nitrogens with one attached hydrogen (secondary N) is 1. The van der Waals surface area contributed by atoms with Gasteiger partial charge in [0.2, 0.25) is 0 Å². The summed E-state index contributed by atoms with van der Waals surface area (Å²) in [6.07, 6.45) is 4.81. The fourth-order valence-corrected chi connectivity index (χ4v) is 2.70. The molecule has 0 saturated heterocycles. The number of hydrogen-bond donors (Lipinski definition) is 1. The molecule has 28 heavy (non-hydrogen) atoms. The lowest BCUT2D eigenvalue weighted by atomic mass is 9.86. The molecule has 0 aliphatic heterocycles. The number of carbonyl (C=O) groups excluding carboxylic acids is 3. The van der Waals surface area contributed by atoms with Gasteiger partial charge in [0, 0.05) is 19.3 Å². The summed E-state index contributed by atoms with van der Waals surface area (Å²) in [5.41, 5.74) is 6.01. The van der Waals surface area contributed by atoms with E-state index in [1.165, 1.54) is 6.92 Å². The molecule has 2 unspecified atom stereocenters. The molecule has 0 aliphatic carbocycles. The quantitative estimate of drug-likeness (QED) is 0.223. The lowest BCUT2D eigenvalue weighted by Gasteiger charge is -2.31. The molecule has 7 nitrogen and oxygen atoms in total. The number of ether oxygens (including phenoxy) is 2. The van der Waals surface area contributed by atoms with E-state index in [0.717, 1.165) is 32.1 Å². The number of carbonyl (C=O) groups is 3. The average molecular weight is 399 g/mol. The first-order valence-electron chi connectivity index (χ1n) is 10.5. The first-order chi connectivity index (χ1) is 13.2. The first kappa shape index (κ1) is 26.2. The maximum atomic E-state index is 12.7. The molecule has 0 aromatic rings. The van der Waals surface area contributed by atoms with Gasteiger partial charge in [0.05, 0.1) is 0 Å². The topological polar surface area (TPSA) is 106 Å². The van der Waals surface area contributed by atoms with Crippen molar-refractivity contribution in [1.82, 2.24) is 0 Å². The van der Waals surface area contributed by atoms with Gasteiger partial charge in [-0.1, -0.05) is 53.4 Å². The predicted molar refractivity (Wildman–Crippen MR) is 107 cm³/mol. The molecule has 0 fully saturated rings. The fraction of sp³-hybridized carbons (Fsp3) is 0.857. The Labute approximate surface area is 169 Å². The number of nitrogens with zero attached hydrogens (tertiary/aromatic N) is 1. The van der Waals surface area contributed by atoms with Gasteiger partial charge in [-0.3, -0.25) is 14.4 Å². The number of Topliss-reactive ketones (excluding diaryl/α,β-unsaturated/α-hetero) is 1. The van der Waals surface area contributed by atoms with Crippen molar-refractivity contribution in [3.05, 3.63) is 0 Å². The van der Waals surface area contributed by atoms with Crippen LogP contribution in [-0.4, -0.2) is 36.0 Å². The van der Waals surface area contributed by atoms with Crippen LogP contribution >= 0.6 is 0 Å². The van der Waals surface area contributed by atoms with Crippen LogP contribution in [0.2, 0.25) is 0 Å². The summed E-state index contributed by atoms with van der Waals surface area (Å²) in [5.74, 6) is -1.09. The summed E-state index contributed by atoms with van der Waals surface area (Å²) in [7, 11) is 0. The summed E-state index contributed by atoms with van der Waals surface area (Å²) >= 11 is 0. The Balaban J connectivity index is 5.17. The van der Waals surface area contributed by atoms with Crippen LogP contribution in [0.3, 0.4) is 0 Å². The van der Waals surface area contributed by atoms with Crippen LogP contribution in [0.1, 0.15) is 92.4 Å². The Morgan fingerprint density at radius 2 is 1.50 bits per heavy atom. The van der Waals surface area contributed by atoms with Crippen LogP contribution in [0.4, 0.5) is 0 Å². The zero-order valence-corrected chi connectivity index (χ0v) is 18.2. The van der Waals surface area contributed by atoms with E-state index in [9.17, 15) is 14.4 Å². The van der Waals surface area contributed by atoms with Gasteiger partial charge in [0.25, 0.3) is 0 Å². The SMILES string of the molecule is CCCCCC(=O)OCC(OC(=O)CCCCC)C(C)(N=N)C(=O)CC(C)C. The van der Waals surface area contributed by atoms with E-state index in [-0.39, 0.29) is 37.6 Å². The Hall–Kier alpha value is -1.79. The normalized spacial score (nSPS) is 14.2. The standard InChI is InChI=1S/C21H38N2O5/c1-6-8-10-12-19(25)27-15-18(28-20(26)13-11-9-7-2)21(5,23-22)17(24)14-16(3)4/h16,18,22H,6-15H2,1-5H3. The maximum Gasteiger partial charge on any atom is 0.306 e. The molecule has 0 radical (unpaired) electrons. The van der Waals surface area contributed by atoms with E-state index in [0.29, 0.717) is 6.42 Å². The second-order valence-electron chi connectivity index (χ2n) is 7.86. The van der Waals surface area contributed by atoms with E-state index in [4.69, 9.17) is 15.0 Å². The Bertz CT molecular complexity index is 507. The summed E-state index contributed by atoms with van der Waals surface area (Å²) in [6.45, 7) is 9.06. The predicted octanol–water partition coefficient (Wildman–Crippen LogP) is 5.01. The minimum absolute atomic E-state index is 0.0751. The van der Waals surface area contributed by atoms with Crippen LogP contribution in [0.5, 0.6) is 0 Å². The van der Waals surface area contributed by atoms with E-state index in [1.807, 2.05) is 27.7 Å². The molecule has 2 atom stereocenters. The van der Waals surface area contributed by atoms with Gasteiger partial charge >= 0.3 is 11.9 Å². The molecule has 162 valence electrons. The highest BCUT2D eigenvalue weighted by Gasteiger charge is 2.44. The van der Waals surface area contributed by atoms with Crippen molar-refractivity contribution in [3.63, 3.8) is 0 Å². The van der Waals surface area contributed by atoms with Gasteiger partial charge in [-0.25, -0.2) is 5.53 Å². The first-order valence-corrected chi connectivity index (χ1v) is 10.5. The van der Waals surface area contributed by atoms with Gasteiger partial charge in [-0.2, -0.15) is 5.11 Å². The molecule has 0 heterocycles. The van der Waals surface area contributed by atoms with E-state index >= 15 is 0 Å². The number of unbranched alkanes of at least 4 members (excludes halogenated alkanes) is 4. The van der Waals surface area contributed by atoms with Crippen molar-refractivity contribution in [3.8, 4) is 0 Å². The van der Waals surface area contributed by atoms with Crippen LogP contribution in [0.15, 0.2) is 5.11 Å². The highest BCUT2D eigenvalue weighted by Crippen LogP contribution is 2.25. The molecule has 0 rings (SSSR count). The molecule has 1 N–H and O–H groups in total. The Kier molecular flexibility index (Phi) is 13.3. The van der Waals surface area contributed by atoms with Crippen molar-refractivity contribution < 1.29 is 23.9 Å². The summed E-state index contributed by atoms with van der Waals surface area (Å²) in [4.78, 5) is 36.9. The number of hydrogen-bond acceptors (Lipinski definition) is 7. The van der Waals surface area contributed by atoms with E-state index < -0.39 is 23.6 Å². The molecule has 0 aromatic heterocycles. The van der Waals surface area contributed by atoms with Gasteiger partial charge in [0.15, 0.2) is 17.4 Å². The van der Waals surface area contributed by atoms with Crippen molar-refractivity contribution >= 4 is 17.7 Å². The Morgan fingerprint density at radius 1 is 0.964 bits per heavy atom. The molecular formula is C21H38N2O5. The number of esters is 2. The van der Waals surface area contributed by atoms with Gasteiger partial charge < -0.3 is 9.47 Å². The highest BCUT2D eigenvalue weighted by atomic mass is 16.6. The molecule has 0 saturated carbocycles. The fourth-order valence-electron chi connectivity index (χ4n) is 2.70. The van der Waals surface area contributed by atoms with Crippen molar-refractivity contribution in [2.75, 3.05) is 6.61 Å². The van der Waals surface area contributed by atoms with Gasteiger partial charge in [-0.15, -0.1) is 0 Å². The van der Waals surface area contributed by atoms with Crippen LogP contribution < -0.4 is 0 Å². The summed E-state index contributed by atoms with van der Waals surface area (Å²) < 4.78 is 10.7. The highest BCUT2D eigenvalue weighted by molar-refractivity contribution is 5.89. The largest absolute Gasteiger partial charge is 0.462 e. The maximum absolute atomic E-state index is 12.7. The number of ketones is 1. The molecule has 0 aliphatic rings. The van der Waals surface area contributed by atoms with E-state index in [2.05, 4.69) is 5.11 Å². The molecular weight excluding hydrogens is 360 g/mol. The van der Waals surface area contributed by atoms with E-state index in [1.54, 1.807) is 0 Å². The zero-order chi connectivity index (χ0) is 21.6. The minimum Gasteiger partial charge on any atom is -0.462 e. The van der Waals surface area contributed by atoms with Gasteiger partial charge in [0.1, 0.15) is 6.61 Å². The van der Waals surface area contributed by atoms with Crippen molar-refractivity contribution in [1.29, 1.82) is 5.53 Å². The second-order valence-corrected chi connectivity index (χ2v) is 7.86.